The number of hydrogen-bond acceptors (Lipinski definition) is 3. The summed E-state index contributed by atoms with van der Waals surface area (Å²) in [6.45, 7) is 3.86. The molecule has 4 nitrogen and oxygen atoms in total. The number of hydrogen-bond donors (Lipinski definition) is 2. The Kier molecular flexibility index (Phi) is 5.43. The minimum absolute atomic E-state index is 0.00143. The number of nitrogens with one attached hydrogen (secondary N) is 1. The molecule has 0 amide bonds. The van der Waals surface area contributed by atoms with E-state index in [2.05, 4.69) is 16.9 Å². The molecule has 0 saturated heterocycles. The van der Waals surface area contributed by atoms with Gasteiger partial charge in [-0.1, -0.05) is 26.1 Å². The third kappa shape index (κ3) is 5.95. The van der Waals surface area contributed by atoms with Gasteiger partial charge >= 0.3 is 0 Å². The quantitative estimate of drug-likeness (QED) is 0.640. The molecule has 0 aromatic rings. The second kappa shape index (κ2) is 5.51. The van der Waals surface area contributed by atoms with Gasteiger partial charge in [-0.2, -0.15) is 0 Å². The summed E-state index contributed by atoms with van der Waals surface area (Å²) in [7, 11) is -3.32. The van der Waals surface area contributed by atoms with Crippen molar-refractivity contribution in [2.75, 3.05) is 5.75 Å². The lowest BCUT2D eigenvalue weighted by molar-refractivity contribution is 0.533. The number of thiocarbonyl (C=S) groups is 1. The molecule has 0 unspecified atom stereocenters. The molecule has 3 N–H and O–H groups in total. The highest BCUT2D eigenvalue weighted by Gasteiger charge is 2.15. The Bertz CT molecular complexity index is 258. The molecule has 6 heteroatoms. The SMILES string of the molecule is CCC(CC)NS(=O)(=O)CC(N)=S. The molecule has 0 saturated carbocycles. The van der Waals surface area contributed by atoms with E-state index in [4.69, 9.17) is 5.73 Å². The van der Waals surface area contributed by atoms with Crippen molar-refractivity contribution in [1.29, 1.82) is 0 Å². The molecule has 0 spiro atoms. The highest BCUT2D eigenvalue weighted by molar-refractivity contribution is 7.92. The van der Waals surface area contributed by atoms with Gasteiger partial charge in [-0.05, 0) is 12.8 Å². The molecule has 13 heavy (non-hydrogen) atoms. The van der Waals surface area contributed by atoms with Gasteiger partial charge < -0.3 is 5.73 Å². The first-order valence-corrected chi connectivity index (χ1v) is 6.25. The zero-order valence-electron chi connectivity index (χ0n) is 7.91. The van der Waals surface area contributed by atoms with E-state index in [0.29, 0.717) is 0 Å². The average molecular weight is 224 g/mol. The van der Waals surface area contributed by atoms with Crippen molar-refractivity contribution in [3.8, 4) is 0 Å². The first kappa shape index (κ1) is 12.8. The Hall–Kier alpha value is -0.200. The molecule has 0 heterocycles. The monoisotopic (exact) mass is 224 g/mol. The van der Waals surface area contributed by atoms with Crippen LogP contribution in [0, 0.1) is 0 Å². The number of rotatable bonds is 6. The fourth-order valence-corrected chi connectivity index (χ4v) is 2.70. The second-order valence-corrected chi connectivity index (χ2v) is 5.13. The van der Waals surface area contributed by atoms with Crippen LogP contribution in [0.25, 0.3) is 0 Å². The molecule has 0 atom stereocenters. The van der Waals surface area contributed by atoms with Gasteiger partial charge in [0.1, 0.15) is 5.75 Å². The van der Waals surface area contributed by atoms with Gasteiger partial charge in [0.25, 0.3) is 0 Å². The van der Waals surface area contributed by atoms with Crippen molar-refractivity contribution >= 4 is 27.2 Å². The van der Waals surface area contributed by atoms with Gasteiger partial charge in [0, 0.05) is 6.04 Å². The fourth-order valence-electron chi connectivity index (χ4n) is 0.938. The van der Waals surface area contributed by atoms with E-state index in [1.165, 1.54) is 0 Å². The summed E-state index contributed by atoms with van der Waals surface area (Å²) in [6.07, 6.45) is 1.54. The first-order chi connectivity index (χ1) is 5.91. The van der Waals surface area contributed by atoms with Crippen LogP contribution in [0.4, 0.5) is 0 Å². The van der Waals surface area contributed by atoms with Crippen LogP contribution in [0.1, 0.15) is 26.7 Å². The Morgan fingerprint density at radius 3 is 2.23 bits per heavy atom. The molecule has 0 aromatic heterocycles. The predicted octanol–water partition coefficient (Wildman–Crippen LogP) is 0.381. The predicted molar refractivity (Wildman–Crippen MR) is 58.1 cm³/mol. The summed E-state index contributed by atoms with van der Waals surface area (Å²) in [5, 5.41) is 0. The largest absolute Gasteiger partial charge is 0.392 e. The van der Waals surface area contributed by atoms with Crippen molar-refractivity contribution in [2.24, 2.45) is 5.73 Å². The van der Waals surface area contributed by atoms with E-state index < -0.39 is 10.0 Å². The Morgan fingerprint density at radius 1 is 1.46 bits per heavy atom. The van der Waals surface area contributed by atoms with E-state index in [1.54, 1.807) is 0 Å². The van der Waals surface area contributed by atoms with Crippen LogP contribution >= 0.6 is 12.2 Å². The lowest BCUT2D eigenvalue weighted by atomic mass is 10.2. The summed E-state index contributed by atoms with van der Waals surface area (Å²) < 4.78 is 25.1. The van der Waals surface area contributed by atoms with Gasteiger partial charge in [0.05, 0.1) is 4.99 Å². The molecular weight excluding hydrogens is 208 g/mol. The average Bonchev–Trinajstić information content (AvgIpc) is 1.97. The minimum Gasteiger partial charge on any atom is -0.392 e. The van der Waals surface area contributed by atoms with E-state index in [-0.39, 0.29) is 16.8 Å². The van der Waals surface area contributed by atoms with E-state index in [0.717, 1.165) is 12.8 Å². The molecule has 78 valence electrons. The molecule has 0 aliphatic rings. The van der Waals surface area contributed by atoms with Crippen LogP contribution in [-0.4, -0.2) is 25.2 Å². The first-order valence-electron chi connectivity index (χ1n) is 4.19. The van der Waals surface area contributed by atoms with Crippen molar-refractivity contribution in [1.82, 2.24) is 4.72 Å². The maximum Gasteiger partial charge on any atom is 0.218 e. The third-order valence-electron chi connectivity index (χ3n) is 1.66. The van der Waals surface area contributed by atoms with Gasteiger partial charge in [-0.3, -0.25) is 0 Å². The molecule has 0 radical (unpaired) electrons. The Labute approximate surface area is 84.9 Å². The standard InChI is InChI=1S/C7H16N2O2S2/c1-3-6(4-2)9-13(10,11)5-7(8)12/h6,9H,3-5H2,1-2H3,(H2,8,12). The molecule has 0 aromatic carbocycles. The Morgan fingerprint density at radius 2 is 1.92 bits per heavy atom. The molecule has 0 aliphatic carbocycles. The topological polar surface area (TPSA) is 72.2 Å². The maximum absolute atomic E-state index is 11.3. The summed E-state index contributed by atoms with van der Waals surface area (Å²) in [5.41, 5.74) is 5.15. The van der Waals surface area contributed by atoms with Gasteiger partial charge in [-0.25, -0.2) is 13.1 Å². The maximum atomic E-state index is 11.3. The molecular formula is C7H16N2O2S2. The van der Waals surface area contributed by atoms with Crippen LogP contribution in [0.2, 0.25) is 0 Å². The normalized spacial score (nSPS) is 11.9. The van der Waals surface area contributed by atoms with E-state index in [9.17, 15) is 8.42 Å². The summed E-state index contributed by atoms with van der Waals surface area (Å²) in [6, 6.07) is -0.0145. The van der Waals surface area contributed by atoms with Crippen LogP contribution in [0.5, 0.6) is 0 Å². The summed E-state index contributed by atoms with van der Waals surface area (Å²) in [5.74, 6) is -0.265. The molecule has 0 aliphatic heterocycles. The second-order valence-electron chi connectivity index (χ2n) is 2.86. The molecule has 0 bridgehead atoms. The highest BCUT2D eigenvalue weighted by Crippen LogP contribution is 1.99. The molecule has 0 fully saturated rings. The summed E-state index contributed by atoms with van der Waals surface area (Å²) in [4.78, 5) is -0.00143. The van der Waals surface area contributed by atoms with Crippen molar-refractivity contribution in [3.05, 3.63) is 0 Å². The smallest absolute Gasteiger partial charge is 0.218 e. The van der Waals surface area contributed by atoms with Crippen LogP contribution in [0.3, 0.4) is 0 Å². The van der Waals surface area contributed by atoms with Crippen molar-refractivity contribution < 1.29 is 8.42 Å². The summed E-state index contributed by atoms with van der Waals surface area (Å²) >= 11 is 4.53. The van der Waals surface area contributed by atoms with E-state index in [1.807, 2.05) is 13.8 Å². The minimum atomic E-state index is -3.32. The Balaban J connectivity index is 4.24. The van der Waals surface area contributed by atoms with Gasteiger partial charge in [0.2, 0.25) is 10.0 Å². The lowest BCUT2D eigenvalue weighted by Crippen LogP contribution is -2.38. The zero-order valence-corrected chi connectivity index (χ0v) is 9.54. The lowest BCUT2D eigenvalue weighted by Gasteiger charge is -2.14. The molecule has 0 rings (SSSR count). The highest BCUT2D eigenvalue weighted by atomic mass is 32.2. The zero-order chi connectivity index (χ0) is 10.5. The van der Waals surface area contributed by atoms with Crippen LogP contribution in [0.15, 0.2) is 0 Å². The van der Waals surface area contributed by atoms with Crippen LogP contribution < -0.4 is 10.5 Å². The van der Waals surface area contributed by atoms with Crippen LogP contribution in [-0.2, 0) is 10.0 Å². The number of nitrogens with two attached hydrogens (primary N) is 1. The fraction of sp³-hybridized carbons (Fsp3) is 0.857. The van der Waals surface area contributed by atoms with Gasteiger partial charge in [-0.15, -0.1) is 0 Å². The van der Waals surface area contributed by atoms with E-state index >= 15 is 0 Å². The number of sulfonamides is 1. The van der Waals surface area contributed by atoms with Crippen molar-refractivity contribution in [2.45, 2.75) is 32.7 Å². The third-order valence-corrected chi connectivity index (χ3v) is 3.37. The van der Waals surface area contributed by atoms with Crippen molar-refractivity contribution in [3.63, 3.8) is 0 Å². The van der Waals surface area contributed by atoms with Gasteiger partial charge in [0.15, 0.2) is 0 Å².